The van der Waals surface area contributed by atoms with Gasteiger partial charge in [0.15, 0.2) is 0 Å². The Bertz CT molecular complexity index is 1010. The van der Waals surface area contributed by atoms with Crippen LogP contribution in [0.4, 0.5) is 0 Å². The molecule has 0 amide bonds. The number of hydrogen-bond donors (Lipinski definition) is 2. The molecule has 1 aromatic carbocycles. The molecular weight excluding hydrogens is 360 g/mol. The van der Waals surface area contributed by atoms with Crippen molar-refractivity contribution in [2.24, 2.45) is 0 Å². The number of H-pyrrole nitrogens is 1. The molecule has 4 rings (SSSR count). The molecule has 7 heteroatoms. The van der Waals surface area contributed by atoms with Gasteiger partial charge in [-0.15, -0.1) is 0 Å². The van der Waals surface area contributed by atoms with Crippen LogP contribution in [0.2, 0.25) is 0 Å². The Morgan fingerprint density at radius 2 is 1.81 bits per heavy atom. The molecule has 0 radical (unpaired) electrons. The van der Waals surface area contributed by atoms with Crippen LogP contribution in [0.1, 0.15) is 19.3 Å². The van der Waals surface area contributed by atoms with Crippen LogP contribution in [0.5, 0.6) is 0 Å². The van der Waals surface area contributed by atoms with Crippen molar-refractivity contribution in [3.63, 3.8) is 0 Å². The lowest BCUT2D eigenvalue weighted by molar-refractivity contribution is 0.233. The fourth-order valence-electron chi connectivity index (χ4n) is 3.63. The van der Waals surface area contributed by atoms with Crippen molar-refractivity contribution in [3.8, 4) is 11.1 Å². The first-order valence-corrected chi connectivity index (χ1v) is 10.9. The van der Waals surface area contributed by atoms with Crippen LogP contribution in [0.3, 0.4) is 0 Å². The SMILES string of the molecule is O=S(=O)(NCCN1CCCCC1)c1ccc(-c2ccnc3[nH]ccc23)cc1. The zero-order valence-electron chi connectivity index (χ0n) is 15.2. The van der Waals surface area contributed by atoms with Crippen LogP contribution in [0, 0.1) is 0 Å². The van der Waals surface area contributed by atoms with E-state index in [1.165, 1.54) is 19.3 Å². The number of nitrogens with one attached hydrogen (secondary N) is 2. The molecule has 6 nitrogen and oxygen atoms in total. The first-order chi connectivity index (χ1) is 13.1. The van der Waals surface area contributed by atoms with Gasteiger partial charge in [-0.2, -0.15) is 0 Å². The van der Waals surface area contributed by atoms with Crippen molar-refractivity contribution in [2.45, 2.75) is 24.2 Å². The summed E-state index contributed by atoms with van der Waals surface area (Å²) in [5.41, 5.74) is 2.82. The zero-order valence-corrected chi connectivity index (χ0v) is 16.0. The Morgan fingerprint density at radius 1 is 1.04 bits per heavy atom. The smallest absolute Gasteiger partial charge is 0.240 e. The van der Waals surface area contributed by atoms with Crippen LogP contribution in [-0.2, 0) is 10.0 Å². The molecule has 0 saturated carbocycles. The quantitative estimate of drug-likeness (QED) is 0.685. The van der Waals surface area contributed by atoms with Crippen LogP contribution in [0.15, 0.2) is 53.7 Å². The first-order valence-electron chi connectivity index (χ1n) is 9.38. The lowest BCUT2D eigenvalue weighted by atomic mass is 10.0. The highest BCUT2D eigenvalue weighted by Crippen LogP contribution is 2.27. The summed E-state index contributed by atoms with van der Waals surface area (Å²) >= 11 is 0. The van der Waals surface area contributed by atoms with E-state index >= 15 is 0 Å². The molecule has 2 N–H and O–H groups in total. The van der Waals surface area contributed by atoms with Gasteiger partial charge in [-0.3, -0.25) is 0 Å². The summed E-state index contributed by atoms with van der Waals surface area (Å²) < 4.78 is 27.8. The van der Waals surface area contributed by atoms with E-state index in [0.717, 1.165) is 41.8 Å². The molecule has 1 saturated heterocycles. The minimum atomic E-state index is -3.49. The van der Waals surface area contributed by atoms with Gasteiger partial charge in [0.2, 0.25) is 10.0 Å². The van der Waals surface area contributed by atoms with E-state index in [0.29, 0.717) is 11.4 Å². The van der Waals surface area contributed by atoms with E-state index in [2.05, 4.69) is 19.6 Å². The predicted molar refractivity (Wildman–Crippen MR) is 107 cm³/mol. The molecule has 1 aliphatic heterocycles. The van der Waals surface area contributed by atoms with Crippen molar-refractivity contribution in [2.75, 3.05) is 26.2 Å². The number of sulfonamides is 1. The van der Waals surface area contributed by atoms with Gasteiger partial charge in [-0.1, -0.05) is 18.6 Å². The molecule has 0 bridgehead atoms. The molecule has 142 valence electrons. The van der Waals surface area contributed by atoms with E-state index in [1.807, 2.05) is 30.5 Å². The van der Waals surface area contributed by atoms with Crippen molar-refractivity contribution in [1.29, 1.82) is 0 Å². The summed E-state index contributed by atoms with van der Waals surface area (Å²) in [5, 5.41) is 1.02. The summed E-state index contributed by atoms with van der Waals surface area (Å²) in [6, 6.07) is 10.9. The third-order valence-electron chi connectivity index (χ3n) is 5.10. The molecule has 1 fully saturated rings. The summed E-state index contributed by atoms with van der Waals surface area (Å²) in [6.07, 6.45) is 7.30. The van der Waals surface area contributed by atoms with Crippen molar-refractivity contribution in [1.82, 2.24) is 19.6 Å². The highest BCUT2D eigenvalue weighted by Gasteiger charge is 2.16. The fraction of sp³-hybridized carbons (Fsp3) is 0.350. The number of hydrogen-bond acceptors (Lipinski definition) is 4. The summed E-state index contributed by atoms with van der Waals surface area (Å²) in [5.74, 6) is 0. The number of aromatic nitrogens is 2. The van der Waals surface area contributed by atoms with Gasteiger partial charge >= 0.3 is 0 Å². The minimum absolute atomic E-state index is 0.296. The number of fused-ring (bicyclic) bond motifs is 1. The number of benzene rings is 1. The Hall–Kier alpha value is -2.22. The Balaban J connectivity index is 1.45. The Labute approximate surface area is 159 Å². The number of aromatic amines is 1. The molecule has 2 aromatic heterocycles. The van der Waals surface area contributed by atoms with Crippen LogP contribution >= 0.6 is 0 Å². The van der Waals surface area contributed by atoms with Crippen molar-refractivity contribution >= 4 is 21.1 Å². The third kappa shape index (κ3) is 4.05. The van der Waals surface area contributed by atoms with E-state index < -0.39 is 10.0 Å². The van der Waals surface area contributed by atoms with Gasteiger partial charge in [0.1, 0.15) is 5.65 Å². The van der Waals surface area contributed by atoms with Gasteiger partial charge in [0.25, 0.3) is 0 Å². The molecule has 1 aliphatic rings. The van der Waals surface area contributed by atoms with Gasteiger partial charge < -0.3 is 9.88 Å². The van der Waals surface area contributed by atoms with Gasteiger partial charge in [-0.25, -0.2) is 18.1 Å². The molecule has 0 spiro atoms. The van der Waals surface area contributed by atoms with E-state index in [1.54, 1.807) is 18.3 Å². The number of pyridine rings is 1. The van der Waals surface area contributed by atoms with Crippen LogP contribution in [0.25, 0.3) is 22.2 Å². The normalized spacial score (nSPS) is 16.0. The van der Waals surface area contributed by atoms with Crippen molar-refractivity contribution < 1.29 is 8.42 Å². The van der Waals surface area contributed by atoms with Gasteiger partial charge in [0, 0.05) is 30.9 Å². The minimum Gasteiger partial charge on any atom is -0.346 e. The number of likely N-dealkylation sites (tertiary alicyclic amines) is 1. The molecule has 3 aromatic rings. The molecule has 27 heavy (non-hydrogen) atoms. The molecule has 0 atom stereocenters. The highest BCUT2D eigenvalue weighted by molar-refractivity contribution is 7.89. The van der Waals surface area contributed by atoms with E-state index in [4.69, 9.17) is 0 Å². The summed E-state index contributed by atoms with van der Waals surface area (Å²) in [6.45, 7) is 3.34. The maximum absolute atomic E-state index is 12.5. The molecule has 0 aliphatic carbocycles. The van der Waals surface area contributed by atoms with Crippen LogP contribution in [-0.4, -0.2) is 49.5 Å². The Kier molecular flexibility index (Phi) is 5.24. The monoisotopic (exact) mass is 384 g/mol. The first kappa shape index (κ1) is 18.2. The maximum atomic E-state index is 12.5. The number of nitrogens with zero attached hydrogens (tertiary/aromatic N) is 2. The topological polar surface area (TPSA) is 78.1 Å². The zero-order chi connectivity index (χ0) is 18.7. The standard InChI is InChI=1S/C20H24N4O2S/c25-27(26,23-12-15-24-13-2-1-3-14-24)17-6-4-16(5-7-17)18-8-10-21-20-19(18)9-11-22-20/h4-11,23H,1-3,12-15H2,(H,21,22). The van der Waals surface area contributed by atoms with Gasteiger partial charge in [0.05, 0.1) is 4.90 Å². The second kappa shape index (κ2) is 7.80. The third-order valence-corrected chi connectivity index (χ3v) is 6.58. The molecule has 0 unspecified atom stereocenters. The lowest BCUT2D eigenvalue weighted by Gasteiger charge is -2.26. The van der Waals surface area contributed by atoms with Crippen molar-refractivity contribution in [3.05, 3.63) is 48.8 Å². The van der Waals surface area contributed by atoms with Gasteiger partial charge in [-0.05, 0) is 61.3 Å². The van der Waals surface area contributed by atoms with Crippen LogP contribution < -0.4 is 4.72 Å². The Morgan fingerprint density at radius 3 is 2.59 bits per heavy atom. The number of piperidine rings is 1. The summed E-state index contributed by atoms with van der Waals surface area (Å²) in [4.78, 5) is 10.0. The number of rotatable bonds is 6. The van der Waals surface area contributed by atoms with E-state index in [9.17, 15) is 8.42 Å². The molecule has 3 heterocycles. The highest BCUT2D eigenvalue weighted by atomic mass is 32.2. The average molecular weight is 385 g/mol. The maximum Gasteiger partial charge on any atom is 0.240 e. The second-order valence-corrected chi connectivity index (χ2v) is 8.69. The molecular formula is C20H24N4O2S. The predicted octanol–water partition coefficient (Wildman–Crippen LogP) is 2.99. The fourth-order valence-corrected chi connectivity index (χ4v) is 4.65. The van der Waals surface area contributed by atoms with E-state index in [-0.39, 0.29) is 0 Å². The lowest BCUT2D eigenvalue weighted by Crippen LogP contribution is -2.37. The largest absolute Gasteiger partial charge is 0.346 e. The summed E-state index contributed by atoms with van der Waals surface area (Å²) in [7, 11) is -3.49. The second-order valence-electron chi connectivity index (χ2n) is 6.92. The average Bonchev–Trinajstić information content (AvgIpc) is 3.18.